The van der Waals surface area contributed by atoms with Gasteiger partial charge in [0.1, 0.15) is 17.5 Å². The lowest BCUT2D eigenvalue weighted by Gasteiger charge is -2.21. The van der Waals surface area contributed by atoms with Gasteiger partial charge in [0.2, 0.25) is 0 Å². The van der Waals surface area contributed by atoms with Crippen LogP contribution < -0.4 is 10.1 Å². The average molecular weight is 386 g/mol. The zero-order valence-corrected chi connectivity index (χ0v) is 17.0. The first-order valence-corrected chi connectivity index (χ1v) is 9.75. The van der Waals surface area contributed by atoms with Crippen molar-refractivity contribution in [1.82, 2.24) is 5.32 Å². The number of hydrogen-bond donors (Lipinski definition) is 2. The molecule has 0 radical (unpaired) electrons. The molecule has 0 aromatic heterocycles. The van der Waals surface area contributed by atoms with E-state index in [1.165, 1.54) is 0 Å². The molecule has 0 aliphatic carbocycles. The second kappa shape index (κ2) is 10.7. The van der Waals surface area contributed by atoms with E-state index in [1.54, 1.807) is 0 Å². The van der Waals surface area contributed by atoms with Crippen LogP contribution in [0.5, 0.6) is 5.75 Å². The van der Waals surface area contributed by atoms with E-state index < -0.39 is 11.7 Å². The number of ether oxygens (including phenoxy) is 2. The molecule has 0 aliphatic heterocycles. The topological polar surface area (TPSA) is 67.8 Å². The summed E-state index contributed by atoms with van der Waals surface area (Å²) in [6.45, 7) is 6.20. The maximum atomic E-state index is 11.8. The van der Waals surface area contributed by atoms with Crippen LogP contribution in [0.4, 0.5) is 4.79 Å². The predicted molar refractivity (Wildman–Crippen MR) is 111 cm³/mol. The molecule has 0 heterocycles. The fraction of sp³-hybridized carbons (Fsp3) is 0.435. The van der Waals surface area contributed by atoms with Gasteiger partial charge in [-0.2, -0.15) is 0 Å². The summed E-state index contributed by atoms with van der Waals surface area (Å²) in [6, 6.07) is 17.9. The number of aliphatic hydroxyl groups excluding tert-OH is 1. The van der Waals surface area contributed by atoms with Gasteiger partial charge in [-0.15, -0.1) is 0 Å². The number of aliphatic hydroxyl groups is 1. The highest BCUT2D eigenvalue weighted by molar-refractivity contribution is 5.67. The van der Waals surface area contributed by atoms with Crippen LogP contribution in [0.15, 0.2) is 54.6 Å². The normalized spacial score (nSPS) is 12.3. The summed E-state index contributed by atoms with van der Waals surface area (Å²) in [5.41, 5.74) is 1.67. The van der Waals surface area contributed by atoms with Crippen molar-refractivity contribution < 1.29 is 19.4 Å². The Morgan fingerprint density at radius 2 is 1.75 bits per heavy atom. The van der Waals surface area contributed by atoms with Crippen LogP contribution in [0.3, 0.4) is 0 Å². The van der Waals surface area contributed by atoms with E-state index >= 15 is 0 Å². The first kappa shape index (κ1) is 21.8. The Kier molecular flexibility index (Phi) is 8.33. The standard InChI is InChI=1S/C23H31NO4/c1-23(2,3)28-22(26)24-16-7-10-21(19-8-5-4-6-9-19)27-20-13-11-18(12-14-20)15-17-25/h4-6,8-9,11-14,21,25H,7,10,15-17H2,1-3H3,(H,24,26)/t21-/m1/s1. The minimum absolute atomic E-state index is 0.106. The Labute approximate surface area is 167 Å². The molecule has 0 aliphatic rings. The molecule has 0 bridgehead atoms. The number of nitrogens with one attached hydrogen (secondary N) is 1. The lowest BCUT2D eigenvalue weighted by molar-refractivity contribution is 0.0524. The number of rotatable bonds is 9. The van der Waals surface area contributed by atoms with Crippen LogP contribution in [-0.2, 0) is 11.2 Å². The van der Waals surface area contributed by atoms with Crippen molar-refractivity contribution in [3.8, 4) is 5.75 Å². The number of carbonyl (C=O) groups excluding carboxylic acids is 1. The largest absolute Gasteiger partial charge is 0.486 e. The van der Waals surface area contributed by atoms with Gasteiger partial charge in [-0.3, -0.25) is 0 Å². The molecule has 0 fully saturated rings. The van der Waals surface area contributed by atoms with Crippen LogP contribution in [0, 0.1) is 0 Å². The van der Waals surface area contributed by atoms with Crippen molar-refractivity contribution in [2.24, 2.45) is 0 Å². The molecule has 1 atom stereocenters. The molecule has 2 rings (SSSR count). The van der Waals surface area contributed by atoms with E-state index in [-0.39, 0.29) is 12.7 Å². The van der Waals surface area contributed by atoms with Crippen molar-refractivity contribution in [2.45, 2.75) is 51.7 Å². The Morgan fingerprint density at radius 1 is 1.07 bits per heavy atom. The zero-order valence-electron chi connectivity index (χ0n) is 17.0. The lowest BCUT2D eigenvalue weighted by atomic mass is 10.0. The van der Waals surface area contributed by atoms with Gasteiger partial charge in [-0.05, 0) is 63.3 Å². The van der Waals surface area contributed by atoms with E-state index in [0.29, 0.717) is 13.0 Å². The fourth-order valence-electron chi connectivity index (χ4n) is 2.78. The molecule has 0 spiro atoms. The number of amides is 1. The molecule has 152 valence electrons. The Morgan fingerprint density at radius 3 is 2.36 bits per heavy atom. The van der Waals surface area contributed by atoms with Gasteiger partial charge in [-0.1, -0.05) is 42.5 Å². The molecule has 2 aromatic rings. The molecular formula is C23H31NO4. The van der Waals surface area contributed by atoms with E-state index in [1.807, 2.05) is 75.4 Å². The molecule has 0 unspecified atom stereocenters. The first-order valence-electron chi connectivity index (χ1n) is 9.75. The molecular weight excluding hydrogens is 354 g/mol. The van der Waals surface area contributed by atoms with Gasteiger partial charge < -0.3 is 19.9 Å². The minimum atomic E-state index is -0.498. The van der Waals surface area contributed by atoms with E-state index in [9.17, 15) is 4.79 Å². The smallest absolute Gasteiger partial charge is 0.407 e. The number of carbonyl (C=O) groups is 1. The summed E-state index contributed by atoms with van der Waals surface area (Å²) in [6.07, 6.45) is 1.66. The maximum absolute atomic E-state index is 11.8. The zero-order chi connectivity index (χ0) is 20.4. The van der Waals surface area contributed by atoms with Crippen LogP contribution in [0.25, 0.3) is 0 Å². The van der Waals surface area contributed by atoms with Crippen molar-refractivity contribution in [3.63, 3.8) is 0 Å². The van der Waals surface area contributed by atoms with Crippen LogP contribution >= 0.6 is 0 Å². The second-order valence-electron chi connectivity index (χ2n) is 7.71. The van der Waals surface area contributed by atoms with Gasteiger partial charge >= 0.3 is 6.09 Å². The van der Waals surface area contributed by atoms with Crippen molar-refractivity contribution >= 4 is 6.09 Å². The molecule has 2 N–H and O–H groups in total. The van der Waals surface area contributed by atoms with Gasteiger partial charge in [0, 0.05) is 13.2 Å². The molecule has 1 amide bonds. The SMILES string of the molecule is CC(C)(C)OC(=O)NCCC[C@@H](Oc1ccc(CCO)cc1)c1ccccc1. The second-order valence-corrected chi connectivity index (χ2v) is 7.71. The molecule has 0 saturated heterocycles. The van der Waals surface area contributed by atoms with E-state index in [0.717, 1.165) is 29.7 Å². The van der Waals surface area contributed by atoms with Crippen molar-refractivity contribution in [1.29, 1.82) is 0 Å². The van der Waals surface area contributed by atoms with Crippen LogP contribution in [0.1, 0.15) is 50.8 Å². The quantitative estimate of drug-likeness (QED) is 0.617. The number of alkyl carbamates (subject to hydrolysis) is 1. The predicted octanol–water partition coefficient (Wildman–Crippen LogP) is 4.65. The Balaban J connectivity index is 1.92. The summed E-state index contributed by atoms with van der Waals surface area (Å²) in [5.74, 6) is 0.788. The third kappa shape index (κ3) is 8.01. The summed E-state index contributed by atoms with van der Waals surface area (Å²) < 4.78 is 11.5. The highest BCUT2D eigenvalue weighted by atomic mass is 16.6. The number of benzene rings is 2. The highest BCUT2D eigenvalue weighted by Gasteiger charge is 2.17. The van der Waals surface area contributed by atoms with E-state index in [4.69, 9.17) is 14.6 Å². The molecule has 5 heteroatoms. The van der Waals surface area contributed by atoms with E-state index in [2.05, 4.69) is 5.32 Å². The lowest BCUT2D eigenvalue weighted by Crippen LogP contribution is -2.33. The van der Waals surface area contributed by atoms with Gasteiger partial charge in [-0.25, -0.2) is 4.79 Å². The highest BCUT2D eigenvalue weighted by Crippen LogP contribution is 2.26. The van der Waals surface area contributed by atoms with Crippen LogP contribution in [-0.4, -0.2) is 30.0 Å². The Hall–Kier alpha value is -2.53. The third-order valence-electron chi connectivity index (χ3n) is 4.08. The minimum Gasteiger partial charge on any atom is -0.486 e. The number of hydrogen-bond acceptors (Lipinski definition) is 4. The summed E-state index contributed by atoms with van der Waals surface area (Å²) in [5, 5.41) is 11.8. The molecule has 2 aromatic carbocycles. The van der Waals surface area contributed by atoms with Gasteiger partial charge in [0.05, 0.1) is 0 Å². The summed E-state index contributed by atoms with van der Waals surface area (Å²) >= 11 is 0. The first-order chi connectivity index (χ1) is 13.4. The summed E-state index contributed by atoms with van der Waals surface area (Å²) in [4.78, 5) is 11.8. The Bertz CT molecular complexity index is 708. The monoisotopic (exact) mass is 385 g/mol. The maximum Gasteiger partial charge on any atom is 0.407 e. The fourth-order valence-corrected chi connectivity index (χ4v) is 2.78. The summed E-state index contributed by atoms with van der Waals surface area (Å²) in [7, 11) is 0. The molecule has 28 heavy (non-hydrogen) atoms. The van der Waals surface area contributed by atoms with Crippen LogP contribution in [0.2, 0.25) is 0 Å². The van der Waals surface area contributed by atoms with Gasteiger partial charge in [0.15, 0.2) is 0 Å². The van der Waals surface area contributed by atoms with Crippen molar-refractivity contribution in [2.75, 3.05) is 13.2 Å². The molecule has 0 saturated carbocycles. The third-order valence-corrected chi connectivity index (χ3v) is 4.08. The molecule has 5 nitrogen and oxygen atoms in total. The average Bonchev–Trinajstić information content (AvgIpc) is 2.65. The van der Waals surface area contributed by atoms with Gasteiger partial charge in [0.25, 0.3) is 0 Å². The van der Waals surface area contributed by atoms with Crippen molar-refractivity contribution in [3.05, 3.63) is 65.7 Å².